The third-order valence-electron chi connectivity index (χ3n) is 3.66. The first-order chi connectivity index (χ1) is 10.3. The lowest BCUT2D eigenvalue weighted by molar-refractivity contribution is -0.125. The fourth-order valence-electron chi connectivity index (χ4n) is 2.55. The van der Waals surface area contributed by atoms with E-state index in [-0.39, 0.29) is 11.9 Å². The molecule has 1 amide bonds. The lowest BCUT2D eigenvalue weighted by Crippen LogP contribution is -2.46. The molecular weight excluding hydrogens is 298 g/mol. The minimum Gasteiger partial charge on any atom is -0.496 e. The zero-order valence-electron chi connectivity index (χ0n) is 13.5. The van der Waals surface area contributed by atoms with E-state index in [2.05, 4.69) is 10.6 Å². The number of thiocarbonyl (C=S) groups is 1. The Morgan fingerprint density at radius 2 is 2.00 bits per heavy atom. The number of benzene rings is 1. The number of methoxy groups -OCH3 is 1. The second kappa shape index (κ2) is 6.36. The summed E-state index contributed by atoms with van der Waals surface area (Å²) in [6, 6.07) is 5.60. The molecule has 0 unspecified atom stereocenters. The molecule has 0 aromatic heterocycles. The molecule has 1 aliphatic rings. The molecule has 6 heteroatoms. The Morgan fingerprint density at radius 3 is 2.55 bits per heavy atom. The molecule has 22 heavy (non-hydrogen) atoms. The molecule has 1 heterocycles. The molecule has 2 N–H and O–H groups in total. The largest absolute Gasteiger partial charge is 0.496 e. The predicted octanol–water partition coefficient (Wildman–Crippen LogP) is 1.88. The fourth-order valence-corrected chi connectivity index (χ4v) is 2.82. The second-order valence-electron chi connectivity index (χ2n) is 5.50. The van der Waals surface area contributed by atoms with Crippen molar-refractivity contribution in [3.05, 3.63) is 40.6 Å². The Bertz CT molecular complexity index is 653. The van der Waals surface area contributed by atoms with Gasteiger partial charge >= 0.3 is 0 Å². The van der Waals surface area contributed by atoms with E-state index < -0.39 is 0 Å². The van der Waals surface area contributed by atoms with Crippen molar-refractivity contribution in [1.29, 1.82) is 0 Å². The van der Waals surface area contributed by atoms with E-state index in [0.29, 0.717) is 10.7 Å². The summed E-state index contributed by atoms with van der Waals surface area (Å²) in [5.41, 5.74) is 3.44. The number of nitrogens with one attached hydrogen (secondary N) is 2. The van der Waals surface area contributed by atoms with Crippen molar-refractivity contribution in [2.24, 2.45) is 0 Å². The highest BCUT2D eigenvalue weighted by atomic mass is 32.1. The molecule has 0 bridgehead atoms. The van der Waals surface area contributed by atoms with Crippen LogP contribution >= 0.6 is 12.2 Å². The number of nitrogens with zero attached hydrogens (tertiary/aromatic N) is 1. The van der Waals surface area contributed by atoms with Gasteiger partial charge in [0.1, 0.15) is 5.75 Å². The molecule has 1 aromatic rings. The van der Waals surface area contributed by atoms with Crippen LogP contribution in [0, 0.1) is 6.92 Å². The topological polar surface area (TPSA) is 53.6 Å². The highest BCUT2D eigenvalue weighted by Gasteiger charge is 2.30. The number of rotatable bonds is 3. The summed E-state index contributed by atoms with van der Waals surface area (Å²) in [5, 5.41) is 6.74. The third-order valence-corrected chi connectivity index (χ3v) is 3.88. The first-order valence-corrected chi connectivity index (χ1v) is 7.40. The van der Waals surface area contributed by atoms with E-state index in [0.717, 1.165) is 22.6 Å². The van der Waals surface area contributed by atoms with Crippen LogP contribution in [0.25, 0.3) is 0 Å². The maximum absolute atomic E-state index is 12.5. The standard InChI is InChI=1S/C16H21N3O2S/c1-9-8-11(6-7-12(9)21-5)14-13(15(20)19(3)4)10(2)17-16(22)18-14/h6-8,14H,1-5H3,(H2,17,18,22)/t14-/m0/s1. The predicted molar refractivity (Wildman–Crippen MR) is 90.7 cm³/mol. The SMILES string of the molecule is COc1ccc([C@@H]2NC(=S)NC(C)=C2C(=O)N(C)C)cc1C. The number of amides is 1. The Hall–Kier alpha value is -2.08. The van der Waals surface area contributed by atoms with Crippen molar-refractivity contribution < 1.29 is 9.53 Å². The van der Waals surface area contributed by atoms with Crippen molar-refractivity contribution in [3.8, 4) is 5.75 Å². The summed E-state index contributed by atoms with van der Waals surface area (Å²) in [5.74, 6) is 0.778. The zero-order valence-corrected chi connectivity index (χ0v) is 14.3. The summed E-state index contributed by atoms with van der Waals surface area (Å²) in [7, 11) is 5.13. The highest BCUT2D eigenvalue weighted by molar-refractivity contribution is 7.80. The minimum absolute atomic E-state index is 0.0431. The first kappa shape index (κ1) is 16.3. The summed E-state index contributed by atoms with van der Waals surface area (Å²) in [6.07, 6.45) is 0. The van der Waals surface area contributed by atoms with Crippen LogP contribution in [-0.4, -0.2) is 37.1 Å². The van der Waals surface area contributed by atoms with E-state index >= 15 is 0 Å². The first-order valence-electron chi connectivity index (χ1n) is 6.99. The van der Waals surface area contributed by atoms with Crippen molar-refractivity contribution in [1.82, 2.24) is 15.5 Å². The van der Waals surface area contributed by atoms with Crippen LogP contribution < -0.4 is 15.4 Å². The summed E-state index contributed by atoms with van der Waals surface area (Å²) in [6.45, 7) is 3.85. The molecule has 0 saturated heterocycles. The normalized spacial score (nSPS) is 17.7. The van der Waals surface area contributed by atoms with Crippen molar-refractivity contribution in [2.75, 3.05) is 21.2 Å². The lowest BCUT2D eigenvalue weighted by atomic mass is 9.93. The molecular formula is C16H21N3O2S. The number of hydrogen-bond donors (Lipinski definition) is 2. The van der Waals surface area contributed by atoms with Gasteiger partial charge in [-0.2, -0.15) is 0 Å². The van der Waals surface area contributed by atoms with Gasteiger partial charge < -0.3 is 20.3 Å². The van der Waals surface area contributed by atoms with Crippen LogP contribution in [0.5, 0.6) is 5.75 Å². The van der Waals surface area contributed by atoms with Crippen LogP contribution in [0.4, 0.5) is 0 Å². The number of ether oxygens (including phenoxy) is 1. The third kappa shape index (κ3) is 3.06. The van der Waals surface area contributed by atoms with Crippen LogP contribution in [0.3, 0.4) is 0 Å². The van der Waals surface area contributed by atoms with E-state index in [1.165, 1.54) is 0 Å². The van der Waals surface area contributed by atoms with Gasteiger partial charge in [-0.25, -0.2) is 0 Å². The van der Waals surface area contributed by atoms with Gasteiger partial charge in [0, 0.05) is 19.8 Å². The van der Waals surface area contributed by atoms with Gasteiger partial charge in [-0.1, -0.05) is 6.07 Å². The number of allylic oxidation sites excluding steroid dienone is 1. The van der Waals surface area contributed by atoms with Crippen LogP contribution in [0.2, 0.25) is 0 Å². The molecule has 5 nitrogen and oxygen atoms in total. The minimum atomic E-state index is -0.270. The van der Waals surface area contributed by atoms with Crippen LogP contribution in [0.15, 0.2) is 29.5 Å². The van der Waals surface area contributed by atoms with Gasteiger partial charge in [-0.05, 0) is 49.3 Å². The number of carbonyl (C=O) groups excluding carboxylic acids is 1. The Balaban J connectivity index is 2.50. The van der Waals surface area contributed by atoms with E-state index in [1.807, 2.05) is 32.0 Å². The maximum Gasteiger partial charge on any atom is 0.253 e. The summed E-state index contributed by atoms with van der Waals surface area (Å²) >= 11 is 5.24. The van der Waals surface area contributed by atoms with E-state index in [9.17, 15) is 4.79 Å². The molecule has 1 aliphatic heterocycles. The zero-order chi connectivity index (χ0) is 16.4. The average molecular weight is 319 g/mol. The van der Waals surface area contributed by atoms with Crippen molar-refractivity contribution in [3.63, 3.8) is 0 Å². The Kier molecular flexibility index (Phi) is 4.71. The second-order valence-corrected chi connectivity index (χ2v) is 5.91. The van der Waals surface area contributed by atoms with Gasteiger partial charge in [0.15, 0.2) is 5.11 Å². The number of likely N-dealkylation sites (N-methyl/N-ethyl adjacent to an activating group) is 1. The van der Waals surface area contributed by atoms with E-state index in [4.69, 9.17) is 17.0 Å². The molecule has 0 aliphatic carbocycles. The number of hydrogen-bond acceptors (Lipinski definition) is 3. The molecule has 1 atom stereocenters. The fraction of sp³-hybridized carbons (Fsp3) is 0.375. The van der Waals surface area contributed by atoms with Crippen molar-refractivity contribution in [2.45, 2.75) is 19.9 Å². The molecule has 0 radical (unpaired) electrons. The molecule has 0 fully saturated rings. The van der Waals surface area contributed by atoms with Crippen LogP contribution in [0.1, 0.15) is 24.1 Å². The molecule has 1 aromatic carbocycles. The summed E-state index contributed by atoms with van der Waals surface area (Å²) < 4.78 is 5.30. The average Bonchev–Trinajstić information content (AvgIpc) is 2.45. The Morgan fingerprint density at radius 1 is 1.32 bits per heavy atom. The quantitative estimate of drug-likeness (QED) is 0.833. The smallest absolute Gasteiger partial charge is 0.253 e. The monoisotopic (exact) mass is 319 g/mol. The van der Waals surface area contributed by atoms with Gasteiger partial charge in [-0.15, -0.1) is 0 Å². The molecule has 2 rings (SSSR count). The Labute approximate surface area is 136 Å². The maximum atomic E-state index is 12.5. The van der Waals surface area contributed by atoms with Gasteiger partial charge in [0.25, 0.3) is 5.91 Å². The molecule has 118 valence electrons. The van der Waals surface area contributed by atoms with Crippen LogP contribution in [-0.2, 0) is 4.79 Å². The number of carbonyl (C=O) groups is 1. The molecule has 0 spiro atoms. The van der Waals surface area contributed by atoms with E-state index in [1.54, 1.807) is 26.1 Å². The van der Waals surface area contributed by atoms with Crippen molar-refractivity contribution >= 4 is 23.2 Å². The number of aryl methyl sites for hydroxylation is 1. The van der Waals surface area contributed by atoms with Gasteiger partial charge in [0.05, 0.1) is 18.7 Å². The van der Waals surface area contributed by atoms with Gasteiger partial charge in [0.2, 0.25) is 0 Å². The lowest BCUT2D eigenvalue weighted by Gasteiger charge is -2.31. The van der Waals surface area contributed by atoms with Gasteiger partial charge in [-0.3, -0.25) is 4.79 Å². The summed E-state index contributed by atoms with van der Waals surface area (Å²) in [4.78, 5) is 14.1. The highest BCUT2D eigenvalue weighted by Crippen LogP contribution is 2.30. The molecule has 0 saturated carbocycles.